The normalized spacial score (nSPS) is 10.4. The lowest BCUT2D eigenvalue weighted by atomic mass is 10.2. The summed E-state index contributed by atoms with van der Waals surface area (Å²) in [5.74, 6) is 1.43. The molecule has 0 atom stereocenters. The first-order chi connectivity index (χ1) is 9.88. The molecule has 0 aliphatic carbocycles. The highest BCUT2D eigenvalue weighted by Crippen LogP contribution is 2.20. The second-order valence-corrected chi connectivity index (χ2v) is 4.26. The zero-order valence-electron chi connectivity index (χ0n) is 11.1. The highest BCUT2D eigenvalue weighted by Gasteiger charge is 2.06. The standard InChI is InChI=1S/C15H14N4O/c1-20-15-11(5-4-8-16-15)9-17-14-12-6-2-3-7-13(12)18-10-19-14/h2-8,10H,9H2,1H3,(H,17,18,19). The zero-order chi connectivity index (χ0) is 13.8. The van der Waals surface area contributed by atoms with Gasteiger partial charge in [0.05, 0.1) is 12.6 Å². The Morgan fingerprint density at radius 3 is 2.85 bits per heavy atom. The first-order valence-electron chi connectivity index (χ1n) is 6.30. The lowest BCUT2D eigenvalue weighted by molar-refractivity contribution is 0.393. The summed E-state index contributed by atoms with van der Waals surface area (Å²) in [4.78, 5) is 12.7. The first-order valence-corrected chi connectivity index (χ1v) is 6.30. The van der Waals surface area contributed by atoms with Gasteiger partial charge in [-0.15, -0.1) is 0 Å². The van der Waals surface area contributed by atoms with E-state index in [1.54, 1.807) is 19.6 Å². The first kappa shape index (κ1) is 12.3. The summed E-state index contributed by atoms with van der Waals surface area (Å²) in [6, 6.07) is 11.8. The van der Waals surface area contributed by atoms with E-state index in [0.29, 0.717) is 12.4 Å². The van der Waals surface area contributed by atoms with E-state index in [0.717, 1.165) is 22.3 Å². The minimum atomic E-state index is 0.595. The predicted octanol–water partition coefficient (Wildman–Crippen LogP) is 2.65. The molecular formula is C15H14N4O. The zero-order valence-corrected chi connectivity index (χ0v) is 11.1. The van der Waals surface area contributed by atoms with E-state index in [1.165, 1.54) is 0 Å². The number of para-hydroxylation sites is 1. The van der Waals surface area contributed by atoms with Crippen LogP contribution in [0.1, 0.15) is 5.56 Å². The highest BCUT2D eigenvalue weighted by atomic mass is 16.5. The summed E-state index contributed by atoms with van der Waals surface area (Å²) < 4.78 is 5.24. The molecule has 100 valence electrons. The Kier molecular flexibility index (Phi) is 3.41. The molecule has 1 aromatic carbocycles. The molecule has 2 heterocycles. The SMILES string of the molecule is COc1ncccc1CNc1ncnc2ccccc12. The molecule has 0 bridgehead atoms. The summed E-state index contributed by atoms with van der Waals surface area (Å²) in [7, 11) is 1.62. The van der Waals surface area contributed by atoms with Crippen LogP contribution in [0.25, 0.3) is 10.9 Å². The number of aromatic nitrogens is 3. The summed E-state index contributed by atoms with van der Waals surface area (Å²) in [5.41, 5.74) is 1.90. The predicted molar refractivity (Wildman–Crippen MR) is 77.7 cm³/mol. The van der Waals surface area contributed by atoms with Crippen molar-refractivity contribution in [1.82, 2.24) is 15.0 Å². The number of benzene rings is 1. The quantitative estimate of drug-likeness (QED) is 0.786. The van der Waals surface area contributed by atoms with Crippen molar-refractivity contribution in [3.05, 3.63) is 54.5 Å². The molecule has 0 amide bonds. The molecule has 5 heteroatoms. The largest absolute Gasteiger partial charge is 0.481 e. The number of ether oxygens (including phenoxy) is 1. The van der Waals surface area contributed by atoms with Crippen molar-refractivity contribution in [2.75, 3.05) is 12.4 Å². The topological polar surface area (TPSA) is 59.9 Å². The van der Waals surface area contributed by atoms with E-state index in [-0.39, 0.29) is 0 Å². The third-order valence-corrected chi connectivity index (χ3v) is 3.03. The lowest BCUT2D eigenvalue weighted by Gasteiger charge is -2.10. The van der Waals surface area contributed by atoms with Gasteiger partial charge in [0.1, 0.15) is 12.1 Å². The van der Waals surface area contributed by atoms with Crippen LogP contribution in [0.5, 0.6) is 5.88 Å². The van der Waals surface area contributed by atoms with Crippen molar-refractivity contribution >= 4 is 16.7 Å². The van der Waals surface area contributed by atoms with Gasteiger partial charge in [0.15, 0.2) is 0 Å². The average molecular weight is 266 g/mol. The minimum absolute atomic E-state index is 0.595. The van der Waals surface area contributed by atoms with Gasteiger partial charge in [-0.25, -0.2) is 15.0 Å². The molecule has 0 spiro atoms. The second-order valence-electron chi connectivity index (χ2n) is 4.26. The summed E-state index contributed by atoms with van der Waals surface area (Å²) in [6.07, 6.45) is 3.27. The summed E-state index contributed by atoms with van der Waals surface area (Å²) >= 11 is 0. The molecule has 0 saturated carbocycles. The Morgan fingerprint density at radius 2 is 1.95 bits per heavy atom. The van der Waals surface area contributed by atoms with E-state index in [1.807, 2.05) is 36.4 Å². The van der Waals surface area contributed by atoms with E-state index in [9.17, 15) is 0 Å². The molecular weight excluding hydrogens is 252 g/mol. The second kappa shape index (κ2) is 5.52. The van der Waals surface area contributed by atoms with Gasteiger partial charge in [0.25, 0.3) is 0 Å². The Balaban J connectivity index is 1.87. The fourth-order valence-electron chi connectivity index (χ4n) is 2.07. The molecule has 0 unspecified atom stereocenters. The van der Waals surface area contributed by atoms with E-state index >= 15 is 0 Å². The maximum atomic E-state index is 5.24. The van der Waals surface area contributed by atoms with Crippen LogP contribution in [0.2, 0.25) is 0 Å². The van der Waals surface area contributed by atoms with Crippen LogP contribution in [0.15, 0.2) is 48.9 Å². The Labute approximate surface area is 116 Å². The third kappa shape index (κ3) is 2.38. The molecule has 2 aromatic heterocycles. The number of rotatable bonds is 4. The fraction of sp³-hybridized carbons (Fsp3) is 0.133. The van der Waals surface area contributed by atoms with Gasteiger partial charge >= 0.3 is 0 Å². The van der Waals surface area contributed by atoms with Crippen LogP contribution < -0.4 is 10.1 Å². The molecule has 20 heavy (non-hydrogen) atoms. The van der Waals surface area contributed by atoms with Crippen molar-refractivity contribution in [3.63, 3.8) is 0 Å². The molecule has 0 aliphatic rings. The number of fused-ring (bicyclic) bond motifs is 1. The van der Waals surface area contributed by atoms with Gasteiger partial charge in [0, 0.05) is 23.7 Å². The smallest absolute Gasteiger partial charge is 0.218 e. The molecule has 0 saturated heterocycles. The van der Waals surface area contributed by atoms with Crippen LogP contribution in [-0.4, -0.2) is 22.1 Å². The molecule has 3 aromatic rings. The average Bonchev–Trinajstić information content (AvgIpc) is 2.53. The number of methoxy groups -OCH3 is 1. The Morgan fingerprint density at radius 1 is 1.05 bits per heavy atom. The van der Waals surface area contributed by atoms with Crippen LogP contribution >= 0.6 is 0 Å². The van der Waals surface area contributed by atoms with E-state index in [2.05, 4.69) is 20.3 Å². The molecule has 1 N–H and O–H groups in total. The number of hydrogen-bond donors (Lipinski definition) is 1. The van der Waals surface area contributed by atoms with E-state index < -0.39 is 0 Å². The number of anilines is 1. The van der Waals surface area contributed by atoms with Crippen molar-refractivity contribution < 1.29 is 4.74 Å². The number of hydrogen-bond acceptors (Lipinski definition) is 5. The maximum Gasteiger partial charge on any atom is 0.218 e. The van der Waals surface area contributed by atoms with Gasteiger partial charge in [-0.1, -0.05) is 18.2 Å². The van der Waals surface area contributed by atoms with Crippen molar-refractivity contribution in [2.45, 2.75) is 6.54 Å². The number of nitrogens with zero attached hydrogens (tertiary/aromatic N) is 3. The minimum Gasteiger partial charge on any atom is -0.481 e. The van der Waals surface area contributed by atoms with Gasteiger partial charge in [-0.05, 0) is 18.2 Å². The monoisotopic (exact) mass is 266 g/mol. The molecule has 5 nitrogen and oxygen atoms in total. The van der Waals surface area contributed by atoms with Crippen LogP contribution in [0.3, 0.4) is 0 Å². The van der Waals surface area contributed by atoms with Crippen LogP contribution in [0, 0.1) is 0 Å². The molecule has 0 fully saturated rings. The number of pyridine rings is 1. The van der Waals surface area contributed by atoms with Crippen molar-refractivity contribution in [1.29, 1.82) is 0 Å². The molecule has 0 aliphatic heterocycles. The van der Waals surface area contributed by atoms with Gasteiger partial charge in [-0.3, -0.25) is 0 Å². The van der Waals surface area contributed by atoms with Crippen molar-refractivity contribution in [2.24, 2.45) is 0 Å². The highest BCUT2D eigenvalue weighted by molar-refractivity contribution is 5.88. The van der Waals surface area contributed by atoms with E-state index in [4.69, 9.17) is 4.74 Å². The third-order valence-electron chi connectivity index (χ3n) is 3.03. The molecule has 0 radical (unpaired) electrons. The maximum absolute atomic E-state index is 5.24. The Bertz CT molecular complexity index is 724. The molecule has 3 rings (SSSR count). The fourth-order valence-corrected chi connectivity index (χ4v) is 2.07. The summed E-state index contributed by atoms with van der Waals surface area (Å²) in [6.45, 7) is 0.595. The van der Waals surface area contributed by atoms with Crippen LogP contribution in [0.4, 0.5) is 5.82 Å². The Hall–Kier alpha value is -2.69. The van der Waals surface area contributed by atoms with Gasteiger partial charge < -0.3 is 10.1 Å². The van der Waals surface area contributed by atoms with Crippen LogP contribution in [-0.2, 0) is 6.54 Å². The lowest BCUT2D eigenvalue weighted by Crippen LogP contribution is -2.04. The number of nitrogens with one attached hydrogen (secondary N) is 1. The van der Waals surface area contributed by atoms with Gasteiger partial charge in [0.2, 0.25) is 5.88 Å². The van der Waals surface area contributed by atoms with Gasteiger partial charge in [-0.2, -0.15) is 0 Å². The van der Waals surface area contributed by atoms with Crippen molar-refractivity contribution in [3.8, 4) is 5.88 Å². The summed E-state index contributed by atoms with van der Waals surface area (Å²) in [5, 5.41) is 4.31.